The number of rotatable bonds is 5. The zero-order valence-corrected chi connectivity index (χ0v) is 10.3. The Kier molecular flexibility index (Phi) is 3.94. The van der Waals surface area contributed by atoms with E-state index in [2.05, 4.69) is 4.98 Å². The molecular formula is C12H11ClN2O3. The van der Waals surface area contributed by atoms with Crippen molar-refractivity contribution in [2.75, 3.05) is 5.88 Å². The molecule has 1 aromatic heterocycles. The average Bonchev–Trinajstić information content (AvgIpc) is 2.85. The number of hydrogen-bond donors (Lipinski definition) is 0. The Morgan fingerprint density at radius 2 is 2.17 bits per heavy atom. The van der Waals surface area contributed by atoms with Gasteiger partial charge in [0, 0.05) is 18.4 Å². The molecule has 0 amide bonds. The highest BCUT2D eigenvalue weighted by Gasteiger charge is 2.17. The summed E-state index contributed by atoms with van der Waals surface area (Å²) in [5.74, 6) is 1.49. The van der Waals surface area contributed by atoms with E-state index in [-0.39, 0.29) is 5.69 Å². The van der Waals surface area contributed by atoms with Gasteiger partial charge in [-0.3, -0.25) is 10.1 Å². The molecule has 0 bridgehead atoms. The van der Waals surface area contributed by atoms with Gasteiger partial charge in [0.15, 0.2) is 11.7 Å². The number of nitro groups is 1. The van der Waals surface area contributed by atoms with Gasteiger partial charge < -0.3 is 4.42 Å². The number of aryl methyl sites for hydroxylation is 1. The number of nitro benzene ring substituents is 1. The molecule has 0 aliphatic heterocycles. The number of nitrogens with zero attached hydrogens (tertiary/aromatic N) is 2. The van der Waals surface area contributed by atoms with Crippen LogP contribution in [0.4, 0.5) is 5.69 Å². The number of para-hydroxylation sites is 1. The molecule has 6 heteroatoms. The Balaban J connectivity index is 2.31. The molecule has 2 aromatic rings. The fourth-order valence-corrected chi connectivity index (χ4v) is 1.74. The summed E-state index contributed by atoms with van der Waals surface area (Å²) in [5.41, 5.74) is 0.449. The largest absolute Gasteiger partial charge is 0.440 e. The van der Waals surface area contributed by atoms with Crippen LogP contribution in [0.15, 0.2) is 34.9 Å². The van der Waals surface area contributed by atoms with Crippen molar-refractivity contribution in [3.63, 3.8) is 0 Å². The number of benzene rings is 1. The lowest BCUT2D eigenvalue weighted by molar-refractivity contribution is -0.384. The molecule has 0 unspecified atom stereocenters. The molecule has 0 saturated carbocycles. The van der Waals surface area contributed by atoms with E-state index in [1.807, 2.05) is 0 Å². The molecule has 5 nitrogen and oxygen atoms in total. The van der Waals surface area contributed by atoms with Gasteiger partial charge in [0.25, 0.3) is 5.69 Å². The normalized spacial score (nSPS) is 10.5. The highest BCUT2D eigenvalue weighted by molar-refractivity contribution is 6.17. The van der Waals surface area contributed by atoms with Crippen LogP contribution in [0.5, 0.6) is 0 Å². The SMILES string of the molecule is O=[N+]([O-])c1ccccc1-c1cnc(CCCCl)o1. The standard InChI is InChI=1S/C12H11ClN2O3/c13-7-3-6-12-14-8-11(18-12)9-4-1-2-5-10(9)15(16)17/h1-2,4-5,8H,3,6-7H2. The van der Waals surface area contributed by atoms with E-state index in [9.17, 15) is 10.1 Å². The summed E-state index contributed by atoms with van der Waals surface area (Å²) in [5, 5.41) is 10.9. The maximum atomic E-state index is 10.9. The first-order valence-electron chi connectivity index (χ1n) is 5.47. The molecule has 2 rings (SSSR count). The second-order valence-corrected chi connectivity index (χ2v) is 4.06. The second kappa shape index (κ2) is 5.64. The molecule has 0 saturated heterocycles. The quantitative estimate of drug-likeness (QED) is 0.472. The topological polar surface area (TPSA) is 69.2 Å². The Morgan fingerprint density at radius 1 is 1.39 bits per heavy atom. The van der Waals surface area contributed by atoms with Gasteiger partial charge in [0.1, 0.15) is 0 Å². The van der Waals surface area contributed by atoms with Crippen molar-refractivity contribution in [2.24, 2.45) is 0 Å². The molecule has 0 fully saturated rings. The van der Waals surface area contributed by atoms with E-state index >= 15 is 0 Å². The highest BCUT2D eigenvalue weighted by Crippen LogP contribution is 2.29. The smallest absolute Gasteiger partial charge is 0.280 e. The minimum atomic E-state index is -0.434. The molecule has 0 atom stereocenters. The van der Waals surface area contributed by atoms with E-state index in [0.717, 1.165) is 6.42 Å². The molecule has 0 aliphatic rings. The third-order valence-electron chi connectivity index (χ3n) is 2.44. The number of hydrogen-bond acceptors (Lipinski definition) is 4. The van der Waals surface area contributed by atoms with Gasteiger partial charge in [-0.2, -0.15) is 0 Å². The van der Waals surface area contributed by atoms with Crippen LogP contribution in [-0.2, 0) is 6.42 Å². The van der Waals surface area contributed by atoms with Crippen LogP contribution in [0.3, 0.4) is 0 Å². The average molecular weight is 267 g/mol. The first-order valence-corrected chi connectivity index (χ1v) is 6.00. The molecule has 94 valence electrons. The molecule has 0 N–H and O–H groups in total. The third kappa shape index (κ3) is 2.68. The summed E-state index contributed by atoms with van der Waals surface area (Å²) in [6, 6.07) is 6.43. The van der Waals surface area contributed by atoms with Crippen LogP contribution in [-0.4, -0.2) is 15.8 Å². The maximum Gasteiger partial charge on any atom is 0.280 e. The Bertz CT molecular complexity index is 554. The number of oxazole rings is 1. The monoisotopic (exact) mass is 266 g/mol. The zero-order chi connectivity index (χ0) is 13.0. The third-order valence-corrected chi connectivity index (χ3v) is 2.71. The van der Waals surface area contributed by atoms with Crippen molar-refractivity contribution >= 4 is 17.3 Å². The van der Waals surface area contributed by atoms with Crippen molar-refractivity contribution in [1.29, 1.82) is 0 Å². The van der Waals surface area contributed by atoms with E-state index in [1.54, 1.807) is 18.2 Å². The van der Waals surface area contributed by atoms with Crippen molar-refractivity contribution < 1.29 is 9.34 Å². The molecular weight excluding hydrogens is 256 g/mol. The van der Waals surface area contributed by atoms with Crippen molar-refractivity contribution in [3.8, 4) is 11.3 Å². The minimum absolute atomic E-state index is 0.0116. The van der Waals surface area contributed by atoms with Crippen LogP contribution < -0.4 is 0 Å². The summed E-state index contributed by atoms with van der Waals surface area (Å²) in [6.07, 6.45) is 2.90. The molecule has 18 heavy (non-hydrogen) atoms. The Hall–Kier alpha value is -1.88. The van der Waals surface area contributed by atoms with E-state index in [1.165, 1.54) is 12.3 Å². The number of aromatic nitrogens is 1. The van der Waals surface area contributed by atoms with Gasteiger partial charge in [-0.1, -0.05) is 12.1 Å². The molecule has 0 spiro atoms. The van der Waals surface area contributed by atoms with Crippen LogP contribution in [0.1, 0.15) is 12.3 Å². The lowest BCUT2D eigenvalue weighted by Crippen LogP contribution is -1.90. The van der Waals surface area contributed by atoms with Gasteiger partial charge in [0.05, 0.1) is 16.7 Å². The predicted octanol–water partition coefficient (Wildman–Crippen LogP) is 3.42. The summed E-state index contributed by atoms with van der Waals surface area (Å²) in [7, 11) is 0. The molecule has 0 aliphatic carbocycles. The summed E-state index contributed by atoms with van der Waals surface area (Å²) < 4.78 is 5.49. The van der Waals surface area contributed by atoms with Crippen LogP contribution in [0.25, 0.3) is 11.3 Å². The van der Waals surface area contributed by atoms with E-state index in [4.69, 9.17) is 16.0 Å². The fourth-order valence-electron chi connectivity index (χ4n) is 1.61. The van der Waals surface area contributed by atoms with Gasteiger partial charge in [-0.25, -0.2) is 4.98 Å². The van der Waals surface area contributed by atoms with Crippen molar-refractivity contribution in [2.45, 2.75) is 12.8 Å². The van der Waals surface area contributed by atoms with Gasteiger partial charge in [0.2, 0.25) is 0 Å². The second-order valence-electron chi connectivity index (χ2n) is 3.69. The summed E-state index contributed by atoms with van der Waals surface area (Å²) in [6.45, 7) is 0. The zero-order valence-electron chi connectivity index (χ0n) is 9.51. The fraction of sp³-hybridized carbons (Fsp3) is 0.250. The highest BCUT2D eigenvalue weighted by atomic mass is 35.5. The number of halogens is 1. The molecule has 1 heterocycles. The van der Waals surface area contributed by atoms with E-state index in [0.29, 0.717) is 29.5 Å². The predicted molar refractivity (Wildman–Crippen MR) is 67.6 cm³/mol. The Labute approximate surface area is 109 Å². The van der Waals surface area contributed by atoms with Gasteiger partial charge in [-0.15, -0.1) is 11.6 Å². The van der Waals surface area contributed by atoms with Crippen molar-refractivity contribution in [1.82, 2.24) is 4.98 Å². The number of alkyl halides is 1. The van der Waals surface area contributed by atoms with Gasteiger partial charge >= 0.3 is 0 Å². The maximum absolute atomic E-state index is 10.9. The Morgan fingerprint density at radius 3 is 2.89 bits per heavy atom. The van der Waals surface area contributed by atoms with Gasteiger partial charge in [-0.05, 0) is 12.5 Å². The summed E-state index contributed by atoms with van der Waals surface area (Å²) >= 11 is 5.58. The summed E-state index contributed by atoms with van der Waals surface area (Å²) in [4.78, 5) is 14.5. The first-order chi connectivity index (χ1) is 8.72. The molecule has 0 radical (unpaired) electrons. The lowest BCUT2D eigenvalue weighted by atomic mass is 10.1. The molecule has 1 aromatic carbocycles. The lowest BCUT2D eigenvalue weighted by Gasteiger charge is -1.98. The van der Waals surface area contributed by atoms with E-state index < -0.39 is 4.92 Å². The van der Waals surface area contributed by atoms with Crippen LogP contribution in [0.2, 0.25) is 0 Å². The van der Waals surface area contributed by atoms with Crippen LogP contribution >= 0.6 is 11.6 Å². The first kappa shape index (κ1) is 12.6. The minimum Gasteiger partial charge on any atom is -0.440 e. The van der Waals surface area contributed by atoms with Crippen molar-refractivity contribution in [3.05, 3.63) is 46.5 Å². The van der Waals surface area contributed by atoms with Crippen LogP contribution in [0, 0.1) is 10.1 Å².